The molecule has 3 heterocycles. The van der Waals surface area contributed by atoms with Gasteiger partial charge >= 0.3 is 0 Å². The minimum Gasteiger partial charge on any atom is -0.379 e. The van der Waals surface area contributed by atoms with Gasteiger partial charge in [-0.05, 0) is 23.9 Å². The molecule has 27 heavy (non-hydrogen) atoms. The van der Waals surface area contributed by atoms with Gasteiger partial charge < -0.3 is 10.1 Å². The van der Waals surface area contributed by atoms with E-state index in [2.05, 4.69) is 41.4 Å². The van der Waals surface area contributed by atoms with Crippen molar-refractivity contribution in [1.29, 1.82) is 0 Å². The van der Waals surface area contributed by atoms with E-state index in [9.17, 15) is 4.79 Å². The number of rotatable bonds is 5. The molecule has 1 aromatic carbocycles. The van der Waals surface area contributed by atoms with E-state index >= 15 is 0 Å². The molecule has 3 aromatic rings. The molecule has 0 spiro atoms. The Balaban J connectivity index is 1.53. The Morgan fingerprint density at radius 2 is 2.15 bits per heavy atom. The van der Waals surface area contributed by atoms with Crippen LogP contribution in [0.3, 0.4) is 0 Å². The molecular formula is C20H21ClN2O2S2. The van der Waals surface area contributed by atoms with Gasteiger partial charge in [-0.1, -0.05) is 41.4 Å². The zero-order valence-corrected chi connectivity index (χ0v) is 17.4. The first-order valence-electron chi connectivity index (χ1n) is 8.95. The molecule has 7 heteroatoms. The Morgan fingerprint density at radius 3 is 2.89 bits per heavy atom. The third kappa shape index (κ3) is 4.05. The lowest BCUT2D eigenvalue weighted by Gasteiger charge is -2.35. The van der Waals surface area contributed by atoms with Crippen LogP contribution < -0.4 is 5.32 Å². The van der Waals surface area contributed by atoms with Crippen molar-refractivity contribution in [3.8, 4) is 0 Å². The molecule has 1 saturated heterocycles. The van der Waals surface area contributed by atoms with Crippen molar-refractivity contribution in [3.63, 3.8) is 0 Å². The quantitative estimate of drug-likeness (QED) is 0.648. The number of nitrogens with zero attached hydrogens (tertiary/aromatic N) is 1. The van der Waals surface area contributed by atoms with Gasteiger partial charge in [0, 0.05) is 25.0 Å². The van der Waals surface area contributed by atoms with E-state index in [1.54, 1.807) is 11.3 Å². The maximum atomic E-state index is 12.8. The fourth-order valence-electron chi connectivity index (χ4n) is 3.44. The average Bonchev–Trinajstić information content (AvgIpc) is 3.26. The number of carbonyl (C=O) groups excluding carboxylic acids is 1. The molecule has 4 nitrogen and oxygen atoms in total. The summed E-state index contributed by atoms with van der Waals surface area (Å²) in [5, 5.41) is 6.65. The number of hydrogen-bond acceptors (Lipinski definition) is 5. The largest absolute Gasteiger partial charge is 0.379 e. The summed E-state index contributed by atoms with van der Waals surface area (Å²) in [5.74, 6) is -0.0979. The van der Waals surface area contributed by atoms with Crippen molar-refractivity contribution >= 4 is 49.6 Å². The number of fused-ring (bicyclic) bond motifs is 1. The number of morpholine rings is 1. The van der Waals surface area contributed by atoms with E-state index in [4.69, 9.17) is 16.3 Å². The van der Waals surface area contributed by atoms with Crippen molar-refractivity contribution in [2.75, 3.05) is 32.8 Å². The third-order valence-electron chi connectivity index (χ3n) is 4.84. The monoisotopic (exact) mass is 420 g/mol. The molecule has 1 fully saturated rings. The van der Waals surface area contributed by atoms with Gasteiger partial charge in [-0.2, -0.15) is 0 Å². The number of ether oxygens (including phenoxy) is 1. The summed E-state index contributed by atoms with van der Waals surface area (Å²) in [5.41, 5.74) is 2.44. The summed E-state index contributed by atoms with van der Waals surface area (Å²) in [6, 6.07) is 10.6. The lowest BCUT2D eigenvalue weighted by atomic mass is 10.0. The molecular weight excluding hydrogens is 400 g/mol. The van der Waals surface area contributed by atoms with Crippen LogP contribution in [0.4, 0.5) is 0 Å². The van der Waals surface area contributed by atoms with Crippen LogP contribution in [0.5, 0.6) is 0 Å². The molecule has 1 amide bonds. The number of carbonyl (C=O) groups is 1. The van der Waals surface area contributed by atoms with Crippen molar-refractivity contribution < 1.29 is 9.53 Å². The predicted octanol–water partition coefficient (Wildman–Crippen LogP) is 4.73. The number of halogens is 1. The first-order chi connectivity index (χ1) is 13.1. The van der Waals surface area contributed by atoms with Crippen LogP contribution in [0.15, 0.2) is 35.7 Å². The van der Waals surface area contributed by atoms with Crippen molar-refractivity contribution in [2.24, 2.45) is 0 Å². The molecule has 1 aliphatic heterocycles. The van der Waals surface area contributed by atoms with Crippen LogP contribution in [0, 0.1) is 6.92 Å². The smallest absolute Gasteiger partial charge is 0.263 e. The first-order valence-corrected chi connectivity index (χ1v) is 11.0. The van der Waals surface area contributed by atoms with Gasteiger partial charge in [0.1, 0.15) is 4.88 Å². The molecule has 1 N–H and O–H groups in total. The molecule has 4 rings (SSSR count). The van der Waals surface area contributed by atoms with E-state index in [0.717, 1.165) is 35.7 Å². The molecule has 1 atom stereocenters. The Hall–Kier alpha value is -1.44. The van der Waals surface area contributed by atoms with Gasteiger partial charge in [0.15, 0.2) is 0 Å². The molecule has 142 valence electrons. The zero-order valence-electron chi connectivity index (χ0n) is 15.0. The van der Waals surface area contributed by atoms with Crippen molar-refractivity contribution in [1.82, 2.24) is 10.2 Å². The Labute approximate surface area is 171 Å². The molecule has 1 unspecified atom stereocenters. The molecule has 0 bridgehead atoms. The van der Waals surface area contributed by atoms with Crippen molar-refractivity contribution in [2.45, 2.75) is 13.0 Å². The normalized spacial score (nSPS) is 16.5. The van der Waals surface area contributed by atoms with Crippen LogP contribution in [0.1, 0.15) is 26.8 Å². The van der Waals surface area contributed by atoms with Crippen molar-refractivity contribution in [3.05, 3.63) is 56.7 Å². The molecule has 1 aliphatic rings. The highest BCUT2D eigenvalue weighted by Gasteiger charge is 2.25. The summed E-state index contributed by atoms with van der Waals surface area (Å²) < 4.78 is 6.59. The third-order valence-corrected chi connectivity index (χ3v) is 7.58. The fourth-order valence-corrected chi connectivity index (χ4v) is 5.97. The maximum absolute atomic E-state index is 12.8. The maximum Gasteiger partial charge on any atom is 0.263 e. The van der Waals surface area contributed by atoms with Crippen LogP contribution in [0.25, 0.3) is 9.40 Å². The van der Waals surface area contributed by atoms with E-state index in [-0.39, 0.29) is 11.9 Å². The summed E-state index contributed by atoms with van der Waals surface area (Å²) in [6.07, 6.45) is 0. The first kappa shape index (κ1) is 18.9. The van der Waals surface area contributed by atoms with Crippen LogP contribution in [-0.4, -0.2) is 43.7 Å². The lowest BCUT2D eigenvalue weighted by molar-refractivity contribution is 0.0162. The Kier molecular flexibility index (Phi) is 5.80. The van der Waals surface area contributed by atoms with Crippen LogP contribution in [0.2, 0.25) is 5.02 Å². The minimum atomic E-state index is -0.0979. The zero-order chi connectivity index (χ0) is 18.8. The summed E-state index contributed by atoms with van der Waals surface area (Å²) in [7, 11) is 0. The minimum absolute atomic E-state index is 0.0979. The van der Waals surface area contributed by atoms with E-state index in [1.165, 1.54) is 22.5 Å². The highest BCUT2D eigenvalue weighted by atomic mass is 35.5. The Morgan fingerprint density at radius 1 is 1.33 bits per heavy atom. The number of hydrogen-bond donors (Lipinski definition) is 1. The second-order valence-corrected chi connectivity index (χ2v) is 9.23. The van der Waals surface area contributed by atoms with Crippen LogP contribution >= 0.6 is 34.3 Å². The highest BCUT2D eigenvalue weighted by molar-refractivity contribution is 7.38. The number of nitrogens with one attached hydrogen (secondary N) is 1. The number of amides is 1. The predicted molar refractivity (Wildman–Crippen MR) is 113 cm³/mol. The Bertz CT molecular complexity index is 947. The van der Waals surface area contributed by atoms with Gasteiger partial charge in [0.25, 0.3) is 5.91 Å². The summed E-state index contributed by atoms with van der Waals surface area (Å²) in [6.45, 7) is 5.82. The average molecular weight is 421 g/mol. The molecule has 2 aromatic heterocycles. The lowest BCUT2D eigenvalue weighted by Crippen LogP contribution is -2.43. The summed E-state index contributed by atoms with van der Waals surface area (Å²) in [4.78, 5) is 15.8. The highest BCUT2D eigenvalue weighted by Crippen LogP contribution is 2.38. The summed E-state index contributed by atoms with van der Waals surface area (Å²) >= 11 is 9.51. The van der Waals surface area contributed by atoms with Gasteiger partial charge in [0.2, 0.25) is 0 Å². The van der Waals surface area contributed by atoms with E-state index in [1.807, 2.05) is 11.4 Å². The molecule has 0 aliphatic carbocycles. The second kappa shape index (κ2) is 8.29. The number of aryl methyl sites for hydroxylation is 1. The molecule has 0 saturated carbocycles. The SMILES string of the molecule is Cc1cccc(C(CNC(=O)c2sc3sccc3c2Cl)N2CCOCC2)c1. The standard InChI is InChI=1S/C20H21ClN2O2S2/c1-13-3-2-4-14(11-13)16(23-6-8-25-9-7-23)12-22-19(24)18-17(21)15-5-10-26-20(15)27-18/h2-5,10-11,16H,6-9,12H2,1H3,(H,22,24). The van der Waals surface area contributed by atoms with E-state index in [0.29, 0.717) is 16.4 Å². The number of benzene rings is 1. The van der Waals surface area contributed by atoms with Gasteiger partial charge in [-0.25, -0.2) is 0 Å². The second-order valence-electron chi connectivity index (χ2n) is 6.66. The van der Waals surface area contributed by atoms with Gasteiger partial charge in [0.05, 0.1) is 28.3 Å². The molecule has 0 radical (unpaired) electrons. The fraction of sp³-hybridized carbons (Fsp3) is 0.350. The number of thiophene rings is 2. The van der Waals surface area contributed by atoms with Crippen LogP contribution in [-0.2, 0) is 4.74 Å². The topological polar surface area (TPSA) is 41.6 Å². The van der Waals surface area contributed by atoms with E-state index < -0.39 is 0 Å². The van der Waals surface area contributed by atoms with Gasteiger partial charge in [-0.3, -0.25) is 9.69 Å². The van der Waals surface area contributed by atoms with Gasteiger partial charge in [-0.15, -0.1) is 22.7 Å².